The van der Waals surface area contributed by atoms with E-state index in [9.17, 15) is 9.90 Å². The summed E-state index contributed by atoms with van der Waals surface area (Å²) in [6.45, 7) is 6.00. The van der Waals surface area contributed by atoms with E-state index in [1.165, 1.54) is 12.1 Å². The molecule has 0 fully saturated rings. The standard InChI is InChI=1S/C13H18O3/c1-4-13(2,3)11(14)9-5-7-10(8-6-9)12(15)16/h5-8,11,14H,4H2,1-3H3,(H,15,16). The summed E-state index contributed by atoms with van der Waals surface area (Å²) in [6, 6.07) is 6.39. The highest BCUT2D eigenvalue weighted by Gasteiger charge is 2.27. The zero-order valence-corrected chi connectivity index (χ0v) is 9.90. The lowest BCUT2D eigenvalue weighted by molar-refractivity contribution is 0.0465. The lowest BCUT2D eigenvalue weighted by atomic mass is 9.80. The van der Waals surface area contributed by atoms with Crippen molar-refractivity contribution in [1.29, 1.82) is 0 Å². The Morgan fingerprint density at radius 2 is 1.81 bits per heavy atom. The maximum Gasteiger partial charge on any atom is 0.335 e. The van der Waals surface area contributed by atoms with E-state index in [0.717, 1.165) is 12.0 Å². The van der Waals surface area contributed by atoms with Crippen LogP contribution in [-0.2, 0) is 0 Å². The first-order valence-corrected chi connectivity index (χ1v) is 5.40. The highest BCUT2D eigenvalue weighted by molar-refractivity contribution is 5.87. The summed E-state index contributed by atoms with van der Waals surface area (Å²) in [5.74, 6) is -0.948. The highest BCUT2D eigenvalue weighted by Crippen LogP contribution is 2.35. The van der Waals surface area contributed by atoms with Gasteiger partial charge in [-0.15, -0.1) is 0 Å². The lowest BCUT2D eigenvalue weighted by Crippen LogP contribution is -2.20. The van der Waals surface area contributed by atoms with Gasteiger partial charge in [-0.05, 0) is 29.5 Å². The predicted octanol–water partition coefficient (Wildman–Crippen LogP) is 2.85. The minimum absolute atomic E-state index is 0.204. The SMILES string of the molecule is CCC(C)(C)C(O)c1ccc(C(=O)O)cc1. The second-order valence-corrected chi connectivity index (χ2v) is 4.67. The Morgan fingerprint density at radius 3 is 2.19 bits per heavy atom. The summed E-state index contributed by atoms with van der Waals surface area (Å²) < 4.78 is 0. The number of benzene rings is 1. The van der Waals surface area contributed by atoms with Crippen molar-refractivity contribution in [3.63, 3.8) is 0 Å². The number of carbonyl (C=O) groups is 1. The molecular formula is C13H18O3. The summed E-state index contributed by atoms with van der Waals surface area (Å²) in [7, 11) is 0. The van der Waals surface area contributed by atoms with E-state index in [-0.39, 0.29) is 11.0 Å². The smallest absolute Gasteiger partial charge is 0.335 e. The minimum Gasteiger partial charge on any atom is -0.478 e. The molecule has 0 spiro atoms. The van der Waals surface area contributed by atoms with Crippen LogP contribution in [0.4, 0.5) is 0 Å². The first kappa shape index (κ1) is 12.7. The van der Waals surface area contributed by atoms with Crippen molar-refractivity contribution in [2.45, 2.75) is 33.3 Å². The summed E-state index contributed by atoms with van der Waals surface area (Å²) >= 11 is 0. The second-order valence-electron chi connectivity index (χ2n) is 4.67. The third-order valence-electron chi connectivity index (χ3n) is 3.12. The van der Waals surface area contributed by atoms with Crippen LogP contribution < -0.4 is 0 Å². The number of carboxylic acid groups (broad SMARTS) is 1. The summed E-state index contributed by atoms with van der Waals surface area (Å²) in [5, 5.41) is 18.9. The normalized spacial score (nSPS) is 13.5. The second kappa shape index (κ2) is 4.66. The minimum atomic E-state index is -0.948. The largest absolute Gasteiger partial charge is 0.478 e. The molecule has 1 unspecified atom stereocenters. The molecular weight excluding hydrogens is 204 g/mol. The van der Waals surface area contributed by atoms with Crippen LogP contribution in [0.5, 0.6) is 0 Å². The number of carboxylic acids is 1. The van der Waals surface area contributed by atoms with Gasteiger partial charge in [-0.25, -0.2) is 4.79 Å². The molecule has 0 aliphatic rings. The Bertz CT molecular complexity index is 365. The van der Waals surface area contributed by atoms with Crippen molar-refractivity contribution in [2.24, 2.45) is 5.41 Å². The third kappa shape index (κ3) is 2.61. The van der Waals surface area contributed by atoms with Gasteiger partial charge in [0, 0.05) is 0 Å². The molecule has 0 saturated heterocycles. The van der Waals surface area contributed by atoms with E-state index in [1.807, 2.05) is 20.8 Å². The Balaban J connectivity index is 2.94. The summed E-state index contributed by atoms with van der Waals surface area (Å²) in [5.41, 5.74) is 0.798. The van der Waals surface area contributed by atoms with Crippen LogP contribution in [0.25, 0.3) is 0 Å². The molecule has 0 heterocycles. The Labute approximate surface area is 95.7 Å². The number of aliphatic hydroxyl groups excluding tert-OH is 1. The molecule has 0 amide bonds. The van der Waals surface area contributed by atoms with E-state index in [0.29, 0.717) is 0 Å². The summed E-state index contributed by atoms with van der Waals surface area (Å²) in [6.07, 6.45) is 0.287. The number of aliphatic hydroxyl groups is 1. The number of hydrogen-bond donors (Lipinski definition) is 2. The maximum absolute atomic E-state index is 10.7. The van der Waals surface area contributed by atoms with E-state index in [1.54, 1.807) is 12.1 Å². The van der Waals surface area contributed by atoms with Gasteiger partial charge in [0.15, 0.2) is 0 Å². The molecule has 1 rings (SSSR count). The van der Waals surface area contributed by atoms with E-state index < -0.39 is 12.1 Å². The lowest BCUT2D eigenvalue weighted by Gasteiger charge is -2.29. The van der Waals surface area contributed by atoms with Crippen molar-refractivity contribution < 1.29 is 15.0 Å². The van der Waals surface area contributed by atoms with Crippen LogP contribution in [-0.4, -0.2) is 16.2 Å². The zero-order valence-electron chi connectivity index (χ0n) is 9.90. The van der Waals surface area contributed by atoms with Gasteiger partial charge in [0.25, 0.3) is 0 Å². The first-order chi connectivity index (χ1) is 7.38. The van der Waals surface area contributed by atoms with Gasteiger partial charge in [-0.2, -0.15) is 0 Å². The van der Waals surface area contributed by atoms with Crippen molar-refractivity contribution in [3.8, 4) is 0 Å². The molecule has 0 aromatic heterocycles. The topological polar surface area (TPSA) is 57.5 Å². The van der Waals surface area contributed by atoms with Gasteiger partial charge in [-0.3, -0.25) is 0 Å². The molecule has 2 N–H and O–H groups in total. The van der Waals surface area contributed by atoms with Crippen molar-refractivity contribution in [1.82, 2.24) is 0 Å². The average molecular weight is 222 g/mol. The summed E-state index contributed by atoms with van der Waals surface area (Å²) in [4.78, 5) is 10.7. The molecule has 16 heavy (non-hydrogen) atoms. The molecule has 0 radical (unpaired) electrons. The Kier molecular flexibility index (Phi) is 3.70. The monoisotopic (exact) mass is 222 g/mol. The first-order valence-electron chi connectivity index (χ1n) is 5.40. The molecule has 0 aliphatic heterocycles. The number of rotatable bonds is 4. The molecule has 1 aromatic carbocycles. The van der Waals surface area contributed by atoms with Gasteiger partial charge in [-0.1, -0.05) is 32.9 Å². The van der Waals surface area contributed by atoms with Crippen molar-refractivity contribution >= 4 is 5.97 Å². The third-order valence-corrected chi connectivity index (χ3v) is 3.12. The molecule has 88 valence electrons. The number of aromatic carboxylic acids is 1. The van der Waals surface area contributed by atoms with Crippen LogP contribution in [0.1, 0.15) is 49.2 Å². The van der Waals surface area contributed by atoms with Gasteiger partial charge in [0.2, 0.25) is 0 Å². The molecule has 3 nitrogen and oxygen atoms in total. The quantitative estimate of drug-likeness (QED) is 0.823. The molecule has 1 atom stereocenters. The van der Waals surface area contributed by atoms with Crippen LogP contribution in [0.15, 0.2) is 24.3 Å². The van der Waals surface area contributed by atoms with Gasteiger partial charge in [0.05, 0.1) is 11.7 Å². The van der Waals surface area contributed by atoms with Gasteiger partial charge in [0.1, 0.15) is 0 Å². The average Bonchev–Trinajstić information content (AvgIpc) is 2.28. The van der Waals surface area contributed by atoms with Gasteiger partial charge >= 0.3 is 5.97 Å². The highest BCUT2D eigenvalue weighted by atomic mass is 16.4. The maximum atomic E-state index is 10.7. The zero-order chi connectivity index (χ0) is 12.3. The van der Waals surface area contributed by atoms with Crippen LogP contribution >= 0.6 is 0 Å². The van der Waals surface area contributed by atoms with E-state index >= 15 is 0 Å². The van der Waals surface area contributed by atoms with E-state index in [2.05, 4.69) is 0 Å². The predicted molar refractivity (Wildman–Crippen MR) is 62.4 cm³/mol. The van der Waals surface area contributed by atoms with Crippen molar-refractivity contribution in [2.75, 3.05) is 0 Å². The Hall–Kier alpha value is -1.35. The van der Waals surface area contributed by atoms with Crippen LogP contribution in [0.3, 0.4) is 0 Å². The molecule has 0 bridgehead atoms. The molecule has 1 aromatic rings. The Morgan fingerprint density at radius 1 is 1.31 bits per heavy atom. The molecule has 0 aliphatic carbocycles. The molecule has 3 heteroatoms. The fourth-order valence-electron chi connectivity index (χ4n) is 1.45. The molecule has 0 saturated carbocycles. The fraction of sp³-hybridized carbons (Fsp3) is 0.462. The van der Waals surface area contributed by atoms with Crippen molar-refractivity contribution in [3.05, 3.63) is 35.4 Å². The van der Waals surface area contributed by atoms with Crippen LogP contribution in [0.2, 0.25) is 0 Å². The van der Waals surface area contributed by atoms with Gasteiger partial charge < -0.3 is 10.2 Å². The number of hydrogen-bond acceptors (Lipinski definition) is 2. The van der Waals surface area contributed by atoms with Crippen LogP contribution in [0, 0.1) is 5.41 Å². The van der Waals surface area contributed by atoms with E-state index in [4.69, 9.17) is 5.11 Å². The fourth-order valence-corrected chi connectivity index (χ4v) is 1.45.